The highest BCUT2D eigenvalue weighted by Crippen LogP contribution is 2.35. The third kappa shape index (κ3) is 3.94. The van der Waals surface area contributed by atoms with Gasteiger partial charge in [0.25, 0.3) is 0 Å². The van der Waals surface area contributed by atoms with E-state index in [-0.39, 0.29) is 0 Å². The molecule has 0 atom stereocenters. The molecule has 0 aromatic heterocycles. The Morgan fingerprint density at radius 2 is 1.41 bits per heavy atom. The number of carbonyl (C=O) groups is 2. The summed E-state index contributed by atoms with van der Waals surface area (Å²) in [4.78, 5) is 21.8. The molecule has 0 radical (unpaired) electrons. The normalized spacial score (nSPS) is 13.4. The van der Waals surface area contributed by atoms with Gasteiger partial charge in [-0.15, -0.1) is 0 Å². The summed E-state index contributed by atoms with van der Waals surface area (Å²) >= 11 is 0. The van der Waals surface area contributed by atoms with Crippen molar-refractivity contribution >= 4 is 11.7 Å². The lowest BCUT2D eigenvalue weighted by molar-refractivity contribution is -0.269. The summed E-state index contributed by atoms with van der Waals surface area (Å²) in [5.74, 6) is -8.67. The molecule has 0 saturated heterocycles. The fourth-order valence-electron chi connectivity index (χ4n) is 0.665. The van der Waals surface area contributed by atoms with Crippen molar-refractivity contribution in [2.24, 2.45) is 5.41 Å². The molecule has 1 N–H and O–H groups in total. The molecule has 0 aliphatic carbocycles. The van der Waals surface area contributed by atoms with Gasteiger partial charge in [0.05, 0.1) is 6.54 Å². The van der Waals surface area contributed by atoms with Gasteiger partial charge < -0.3 is 5.32 Å². The lowest BCUT2D eigenvalue weighted by Gasteiger charge is -2.20. The number of ketones is 1. The maximum Gasteiger partial charge on any atom is 0.463 e. The largest absolute Gasteiger partial charge is 0.463 e. The third-order valence-electron chi connectivity index (χ3n) is 1.89. The van der Waals surface area contributed by atoms with E-state index in [1.54, 1.807) is 0 Å². The maximum absolute atomic E-state index is 12.4. The Morgan fingerprint density at radius 3 is 1.71 bits per heavy atom. The predicted molar refractivity (Wildman–Crippen MR) is 48.5 cm³/mol. The van der Waals surface area contributed by atoms with Crippen LogP contribution in [0.5, 0.6) is 0 Å². The topological polar surface area (TPSA) is 46.2 Å². The van der Waals surface area contributed by atoms with Crippen LogP contribution in [0.2, 0.25) is 0 Å². The SMILES string of the molecule is CC(C)(C)C(=O)CNC(=O)C(F)(F)C(F)(F)F. The molecular weight excluding hydrogens is 249 g/mol. The van der Waals surface area contributed by atoms with Gasteiger partial charge >= 0.3 is 18.0 Å². The van der Waals surface area contributed by atoms with Crippen molar-refractivity contribution in [2.75, 3.05) is 6.54 Å². The number of rotatable bonds is 3. The minimum atomic E-state index is -5.97. The van der Waals surface area contributed by atoms with Crippen LogP contribution in [-0.2, 0) is 9.59 Å². The molecule has 17 heavy (non-hydrogen) atoms. The summed E-state index contributed by atoms with van der Waals surface area (Å²) in [6, 6.07) is 0. The molecule has 3 nitrogen and oxygen atoms in total. The number of hydrogen-bond acceptors (Lipinski definition) is 2. The summed E-state index contributed by atoms with van der Waals surface area (Å²) in [6.45, 7) is 3.48. The highest BCUT2D eigenvalue weighted by atomic mass is 19.4. The lowest BCUT2D eigenvalue weighted by Crippen LogP contribution is -2.52. The van der Waals surface area contributed by atoms with E-state index in [1.165, 1.54) is 26.1 Å². The van der Waals surface area contributed by atoms with E-state index in [9.17, 15) is 31.5 Å². The summed E-state index contributed by atoms with van der Waals surface area (Å²) in [5.41, 5.74) is -0.930. The van der Waals surface area contributed by atoms with Gasteiger partial charge in [-0.3, -0.25) is 9.59 Å². The molecule has 0 rings (SSSR count). The van der Waals surface area contributed by atoms with Crippen molar-refractivity contribution < 1.29 is 31.5 Å². The van der Waals surface area contributed by atoms with Gasteiger partial charge in [0, 0.05) is 5.41 Å². The zero-order valence-electron chi connectivity index (χ0n) is 9.41. The molecule has 100 valence electrons. The summed E-state index contributed by atoms with van der Waals surface area (Å²) in [7, 11) is 0. The fraction of sp³-hybridized carbons (Fsp3) is 0.778. The van der Waals surface area contributed by atoms with E-state index >= 15 is 0 Å². The van der Waals surface area contributed by atoms with Gasteiger partial charge in [-0.25, -0.2) is 0 Å². The number of alkyl halides is 5. The molecule has 0 aliphatic heterocycles. The maximum atomic E-state index is 12.4. The molecule has 0 aliphatic rings. The predicted octanol–water partition coefficient (Wildman–Crippen LogP) is 1.92. The van der Waals surface area contributed by atoms with Gasteiger partial charge in [0.1, 0.15) is 0 Å². The third-order valence-corrected chi connectivity index (χ3v) is 1.89. The second-order valence-corrected chi connectivity index (χ2v) is 4.43. The van der Waals surface area contributed by atoms with Crippen molar-refractivity contribution in [1.29, 1.82) is 0 Å². The van der Waals surface area contributed by atoms with Crippen LogP contribution < -0.4 is 5.32 Å². The molecule has 0 heterocycles. The number of nitrogens with one attached hydrogen (secondary N) is 1. The molecule has 0 bridgehead atoms. The van der Waals surface area contributed by atoms with Crippen LogP contribution in [0.15, 0.2) is 0 Å². The van der Waals surface area contributed by atoms with E-state index in [4.69, 9.17) is 0 Å². The first-order chi connectivity index (χ1) is 7.30. The van der Waals surface area contributed by atoms with Crippen LogP contribution in [0, 0.1) is 5.41 Å². The standard InChI is InChI=1S/C9H12F5NO2/c1-7(2,3)5(16)4-15-6(17)8(10,11)9(12,13)14/h4H2,1-3H3,(H,15,17). The average molecular weight is 261 g/mol. The minimum Gasteiger partial charge on any atom is -0.343 e. The number of amides is 1. The van der Waals surface area contributed by atoms with Gasteiger partial charge in [-0.2, -0.15) is 22.0 Å². The second-order valence-electron chi connectivity index (χ2n) is 4.43. The molecule has 0 saturated carbocycles. The van der Waals surface area contributed by atoms with Gasteiger partial charge in [-0.05, 0) is 0 Å². The molecule has 0 aromatic rings. The highest BCUT2D eigenvalue weighted by Gasteiger charge is 2.63. The fourth-order valence-corrected chi connectivity index (χ4v) is 0.665. The molecule has 0 fully saturated rings. The molecule has 1 amide bonds. The average Bonchev–Trinajstić information content (AvgIpc) is 2.09. The first kappa shape index (κ1) is 15.8. The van der Waals surface area contributed by atoms with Crippen LogP contribution >= 0.6 is 0 Å². The Kier molecular flexibility index (Phi) is 4.25. The molecular formula is C9H12F5NO2. The van der Waals surface area contributed by atoms with E-state index in [1.807, 2.05) is 0 Å². The van der Waals surface area contributed by atoms with Gasteiger partial charge in [0.2, 0.25) is 0 Å². The molecule has 0 unspecified atom stereocenters. The van der Waals surface area contributed by atoms with E-state index in [2.05, 4.69) is 0 Å². The molecule has 0 spiro atoms. The number of hydrogen-bond donors (Lipinski definition) is 1. The molecule has 8 heteroatoms. The van der Waals surface area contributed by atoms with Gasteiger partial charge in [-0.1, -0.05) is 20.8 Å². The number of Topliss-reactive ketones (excluding diaryl/α,β-unsaturated/α-hetero) is 1. The summed E-state index contributed by atoms with van der Waals surface area (Å²) in [5, 5.41) is 1.28. The minimum absolute atomic E-state index is 0.649. The Bertz CT molecular complexity index is 316. The molecule has 0 aromatic carbocycles. The Hall–Kier alpha value is -1.21. The van der Waals surface area contributed by atoms with E-state index in [0.717, 1.165) is 0 Å². The Morgan fingerprint density at radius 1 is 1.00 bits per heavy atom. The Balaban J connectivity index is 4.55. The first-order valence-electron chi connectivity index (χ1n) is 4.56. The van der Waals surface area contributed by atoms with Crippen LogP contribution in [0.3, 0.4) is 0 Å². The van der Waals surface area contributed by atoms with Crippen LogP contribution in [0.25, 0.3) is 0 Å². The zero-order valence-corrected chi connectivity index (χ0v) is 9.41. The monoisotopic (exact) mass is 261 g/mol. The summed E-state index contributed by atoms with van der Waals surface area (Å²) < 4.78 is 60.1. The van der Waals surface area contributed by atoms with Crippen LogP contribution in [-0.4, -0.2) is 30.3 Å². The summed E-state index contributed by atoms with van der Waals surface area (Å²) in [6.07, 6.45) is -5.97. The smallest absolute Gasteiger partial charge is 0.343 e. The first-order valence-corrected chi connectivity index (χ1v) is 4.56. The van der Waals surface area contributed by atoms with Gasteiger partial charge in [0.15, 0.2) is 5.78 Å². The van der Waals surface area contributed by atoms with Crippen molar-refractivity contribution in [2.45, 2.75) is 32.9 Å². The van der Waals surface area contributed by atoms with Crippen molar-refractivity contribution in [3.05, 3.63) is 0 Å². The second kappa shape index (κ2) is 4.58. The number of carbonyl (C=O) groups excluding carboxylic acids is 2. The highest BCUT2D eigenvalue weighted by molar-refractivity contribution is 5.91. The van der Waals surface area contributed by atoms with Crippen LogP contribution in [0.1, 0.15) is 20.8 Å². The van der Waals surface area contributed by atoms with Crippen molar-refractivity contribution in [3.63, 3.8) is 0 Å². The quantitative estimate of drug-likeness (QED) is 0.789. The number of halogens is 5. The van der Waals surface area contributed by atoms with E-state index < -0.39 is 35.7 Å². The van der Waals surface area contributed by atoms with Crippen LogP contribution in [0.4, 0.5) is 22.0 Å². The van der Waals surface area contributed by atoms with E-state index in [0.29, 0.717) is 0 Å². The van der Waals surface area contributed by atoms with Crippen molar-refractivity contribution in [1.82, 2.24) is 5.32 Å². The van der Waals surface area contributed by atoms with Crippen molar-refractivity contribution in [3.8, 4) is 0 Å². The zero-order chi connectivity index (χ0) is 14.1. The lowest BCUT2D eigenvalue weighted by atomic mass is 9.91. The Labute approximate surface area is 94.4 Å².